The number of β-amino-alcohol motifs (C(OH)–C–C–N with tert-alkyl or cyclic N) is 1. The summed E-state index contributed by atoms with van der Waals surface area (Å²) in [5.74, 6) is 0.397. The number of aliphatic hydroxyl groups is 1. The number of anilines is 1. The zero-order chi connectivity index (χ0) is 19.6. The predicted molar refractivity (Wildman–Crippen MR) is 103 cm³/mol. The van der Waals surface area contributed by atoms with Crippen molar-refractivity contribution in [3.8, 4) is 11.5 Å². The quantitative estimate of drug-likeness (QED) is 0.780. The Morgan fingerprint density at radius 2 is 2.19 bits per heavy atom. The summed E-state index contributed by atoms with van der Waals surface area (Å²) in [5.41, 5.74) is 1.43. The number of methoxy groups -OCH3 is 2. The molecular weight excluding hydrogens is 372 g/mol. The molecule has 0 bridgehead atoms. The Labute approximate surface area is 162 Å². The second-order valence-corrected chi connectivity index (χ2v) is 6.71. The summed E-state index contributed by atoms with van der Waals surface area (Å²) in [5, 5.41) is 11.1. The number of benzene rings is 1. The van der Waals surface area contributed by atoms with Gasteiger partial charge in [0.05, 0.1) is 43.0 Å². The van der Waals surface area contributed by atoms with E-state index in [1.54, 1.807) is 13.0 Å². The Morgan fingerprint density at radius 1 is 1.41 bits per heavy atom. The zero-order valence-electron chi connectivity index (χ0n) is 15.6. The van der Waals surface area contributed by atoms with E-state index in [0.29, 0.717) is 51.8 Å². The molecule has 1 atom stereocenters. The van der Waals surface area contributed by atoms with Crippen molar-refractivity contribution in [2.75, 3.05) is 38.8 Å². The maximum absolute atomic E-state index is 12.6. The number of fused-ring (bicyclic) bond motifs is 1. The number of carbonyl (C=O) groups excluding carboxylic acids is 1. The first-order chi connectivity index (χ1) is 13.0. The van der Waals surface area contributed by atoms with Crippen LogP contribution in [0, 0.1) is 0 Å². The average Bonchev–Trinajstić information content (AvgIpc) is 2.66. The second-order valence-electron chi connectivity index (χ2n) is 6.30. The number of halogens is 1. The normalized spacial score (nSPS) is 17.1. The molecule has 1 aliphatic heterocycles. The van der Waals surface area contributed by atoms with Gasteiger partial charge in [0.2, 0.25) is 0 Å². The van der Waals surface area contributed by atoms with E-state index in [-0.39, 0.29) is 6.61 Å². The molecule has 0 radical (unpaired) electrons. The maximum atomic E-state index is 12.6. The lowest BCUT2D eigenvalue weighted by Crippen LogP contribution is -2.39. The Kier molecular flexibility index (Phi) is 5.92. The smallest absolute Gasteiger partial charge is 0.341 e. The number of ether oxygens (including phenoxy) is 3. The van der Waals surface area contributed by atoms with Crippen molar-refractivity contribution in [3.05, 3.63) is 22.8 Å². The lowest BCUT2D eigenvalue weighted by molar-refractivity contribution is 0.0526. The molecule has 1 aliphatic rings. The summed E-state index contributed by atoms with van der Waals surface area (Å²) in [7, 11) is 3.04. The van der Waals surface area contributed by atoms with E-state index in [1.165, 1.54) is 20.4 Å². The van der Waals surface area contributed by atoms with Crippen molar-refractivity contribution in [1.29, 1.82) is 0 Å². The van der Waals surface area contributed by atoms with Crippen LogP contribution >= 0.6 is 11.6 Å². The molecule has 0 amide bonds. The summed E-state index contributed by atoms with van der Waals surface area (Å²) in [6, 6.07) is 1.63. The summed E-state index contributed by atoms with van der Waals surface area (Å²) in [6.45, 7) is 3.07. The van der Waals surface area contributed by atoms with Crippen molar-refractivity contribution in [2.45, 2.75) is 25.9 Å². The molecule has 27 heavy (non-hydrogen) atoms. The molecule has 1 aromatic carbocycles. The third kappa shape index (κ3) is 3.61. The first kappa shape index (κ1) is 19.5. The van der Waals surface area contributed by atoms with E-state index in [1.807, 2.05) is 4.90 Å². The first-order valence-corrected chi connectivity index (χ1v) is 9.22. The van der Waals surface area contributed by atoms with Gasteiger partial charge in [-0.3, -0.25) is 4.98 Å². The Balaban J connectivity index is 2.35. The van der Waals surface area contributed by atoms with Gasteiger partial charge in [0, 0.05) is 25.4 Å². The molecule has 0 saturated carbocycles. The number of piperidine rings is 1. The summed E-state index contributed by atoms with van der Waals surface area (Å²) in [6.07, 6.45) is 2.51. The minimum absolute atomic E-state index is 0.245. The number of carbonyl (C=O) groups is 1. The number of rotatable bonds is 5. The van der Waals surface area contributed by atoms with Crippen LogP contribution in [0.2, 0.25) is 5.02 Å². The number of hydrogen-bond acceptors (Lipinski definition) is 7. The molecule has 1 N–H and O–H groups in total. The largest absolute Gasteiger partial charge is 0.494 e. The molecule has 8 heteroatoms. The molecule has 0 unspecified atom stereocenters. The fourth-order valence-corrected chi connectivity index (χ4v) is 3.74. The predicted octanol–water partition coefficient (Wildman–Crippen LogP) is 3.04. The van der Waals surface area contributed by atoms with E-state index in [4.69, 9.17) is 25.8 Å². The number of esters is 1. The van der Waals surface area contributed by atoms with Crippen molar-refractivity contribution < 1.29 is 24.1 Å². The summed E-state index contributed by atoms with van der Waals surface area (Å²) in [4.78, 5) is 19.0. The third-order valence-corrected chi connectivity index (χ3v) is 4.90. The zero-order valence-corrected chi connectivity index (χ0v) is 16.4. The van der Waals surface area contributed by atoms with Gasteiger partial charge in [0.15, 0.2) is 0 Å². The van der Waals surface area contributed by atoms with Gasteiger partial charge < -0.3 is 24.2 Å². The summed E-state index contributed by atoms with van der Waals surface area (Å²) < 4.78 is 16.2. The number of aromatic nitrogens is 1. The van der Waals surface area contributed by atoms with Crippen molar-refractivity contribution in [3.63, 3.8) is 0 Å². The van der Waals surface area contributed by atoms with Crippen LogP contribution in [0.3, 0.4) is 0 Å². The van der Waals surface area contributed by atoms with Gasteiger partial charge in [-0.05, 0) is 19.8 Å². The van der Waals surface area contributed by atoms with Gasteiger partial charge in [-0.1, -0.05) is 11.6 Å². The first-order valence-electron chi connectivity index (χ1n) is 8.85. The van der Waals surface area contributed by atoms with Gasteiger partial charge in [0.1, 0.15) is 22.6 Å². The molecule has 7 nitrogen and oxygen atoms in total. The molecule has 1 saturated heterocycles. The molecule has 0 aliphatic carbocycles. The average molecular weight is 395 g/mol. The van der Waals surface area contributed by atoms with Crippen LogP contribution in [0.15, 0.2) is 12.3 Å². The van der Waals surface area contributed by atoms with Gasteiger partial charge in [-0.15, -0.1) is 0 Å². The Bertz CT molecular complexity index is 858. The van der Waals surface area contributed by atoms with Crippen LogP contribution in [0.4, 0.5) is 5.69 Å². The lowest BCUT2D eigenvalue weighted by Gasteiger charge is -2.34. The fraction of sp³-hybridized carbons (Fsp3) is 0.474. The van der Waals surface area contributed by atoms with E-state index < -0.39 is 12.1 Å². The minimum atomic E-state index is -0.483. The van der Waals surface area contributed by atoms with Crippen LogP contribution in [0.1, 0.15) is 30.1 Å². The molecule has 1 fully saturated rings. The van der Waals surface area contributed by atoms with Gasteiger partial charge in [-0.2, -0.15) is 0 Å². The highest BCUT2D eigenvalue weighted by Crippen LogP contribution is 2.45. The highest BCUT2D eigenvalue weighted by Gasteiger charge is 2.29. The van der Waals surface area contributed by atoms with Gasteiger partial charge >= 0.3 is 5.97 Å². The number of nitrogens with zero attached hydrogens (tertiary/aromatic N) is 2. The SMILES string of the molecule is CCOC(=O)c1cnc2c(OC)cc(Cl)c(OC)c2c1N1CCC[C@H](O)C1. The number of hydrogen-bond donors (Lipinski definition) is 1. The van der Waals surface area contributed by atoms with Crippen molar-refractivity contribution in [1.82, 2.24) is 4.98 Å². The van der Waals surface area contributed by atoms with Crippen LogP contribution in [0.25, 0.3) is 10.9 Å². The molecule has 0 spiro atoms. The Hall–Kier alpha value is -2.25. The van der Waals surface area contributed by atoms with Crippen LogP contribution in [-0.2, 0) is 4.74 Å². The molecular formula is C19H23ClN2O5. The van der Waals surface area contributed by atoms with E-state index in [2.05, 4.69) is 4.98 Å². The van der Waals surface area contributed by atoms with Crippen molar-refractivity contribution >= 4 is 34.2 Å². The van der Waals surface area contributed by atoms with Crippen LogP contribution in [-0.4, -0.2) is 56.1 Å². The molecule has 2 heterocycles. The van der Waals surface area contributed by atoms with E-state index in [0.717, 1.165) is 12.8 Å². The molecule has 2 aromatic rings. The topological polar surface area (TPSA) is 81.1 Å². The molecule has 146 valence electrons. The molecule has 3 rings (SSSR count). The Morgan fingerprint density at radius 3 is 2.81 bits per heavy atom. The van der Waals surface area contributed by atoms with Gasteiger partial charge in [0.25, 0.3) is 0 Å². The van der Waals surface area contributed by atoms with E-state index in [9.17, 15) is 9.90 Å². The monoisotopic (exact) mass is 394 g/mol. The molecule has 1 aromatic heterocycles. The summed E-state index contributed by atoms with van der Waals surface area (Å²) >= 11 is 6.40. The van der Waals surface area contributed by atoms with E-state index >= 15 is 0 Å². The number of pyridine rings is 1. The maximum Gasteiger partial charge on any atom is 0.341 e. The van der Waals surface area contributed by atoms with Crippen LogP contribution < -0.4 is 14.4 Å². The fourth-order valence-electron chi connectivity index (χ4n) is 3.47. The standard InChI is InChI=1S/C19H23ClN2O5/c1-4-27-19(24)12-9-21-16-14(25-2)8-13(20)18(26-3)15(16)17(12)22-7-5-6-11(23)10-22/h8-9,11,23H,4-7,10H2,1-3H3/t11-/m0/s1. The lowest BCUT2D eigenvalue weighted by atomic mass is 10.0. The number of aliphatic hydroxyl groups excluding tert-OH is 1. The minimum Gasteiger partial charge on any atom is -0.494 e. The van der Waals surface area contributed by atoms with Crippen molar-refractivity contribution in [2.24, 2.45) is 0 Å². The van der Waals surface area contributed by atoms with Gasteiger partial charge in [-0.25, -0.2) is 4.79 Å². The highest BCUT2D eigenvalue weighted by molar-refractivity contribution is 6.34. The third-order valence-electron chi connectivity index (χ3n) is 4.62. The second kappa shape index (κ2) is 8.19. The highest BCUT2D eigenvalue weighted by atomic mass is 35.5. The van der Waals surface area contributed by atoms with Crippen LogP contribution in [0.5, 0.6) is 11.5 Å².